The number of benzene rings is 1. The Morgan fingerprint density at radius 2 is 2.04 bits per heavy atom. The molecule has 2 aromatic heterocycles. The predicted octanol–water partition coefficient (Wildman–Crippen LogP) is 2.07. The van der Waals surface area contributed by atoms with Crippen molar-refractivity contribution in [3.05, 3.63) is 47.5 Å². The topological polar surface area (TPSA) is 105 Å². The normalized spacial score (nSPS) is 24.7. The lowest BCUT2D eigenvalue weighted by atomic mass is 10.1. The molecule has 1 saturated heterocycles. The maximum Gasteiger partial charge on any atom is 0.167 e. The monoisotopic (exact) mass is 421 g/mol. The van der Waals surface area contributed by atoms with Gasteiger partial charge >= 0.3 is 0 Å². The van der Waals surface area contributed by atoms with Gasteiger partial charge in [0.25, 0.3) is 0 Å². The molecule has 8 nitrogen and oxygen atoms in total. The molecule has 1 aromatic carbocycles. The number of aliphatic hydroxyl groups excluding tert-OH is 2. The lowest BCUT2D eigenvalue weighted by molar-refractivity contribution is -0.0288. The van der Waals surface area contributed by atoms with Crippen LogP contribution in [-0.2, 0) is 11.3 Å². The average molecular weight is 422 g/mol. The zero-order chi connectivity index (χ0) is 19.7. The second-order valence-electron chi connectivity index (χ2n) is 6.49. The molecule has 3 N–H and O–H groups in total. The van der Waals surface area contributed by atoms with Crippen molar-refractivity contribution < 1.29 is 14.9 Å². The molecular weight excluding hydrogens is 402 g/mol. The standard InChI is InChI=1S/C18H20ClN5O3S/c1-28-7-12-14(25)15(26)18(27-12)24-9-23-13-16(21-8-22-17(13)24)20-6-10-4-2-3-5-11(10)19/h2-5,8-9,12,14-15,18,25-26H,6-7H2,1H3,(H,20,21,22)/t12-,14-,15-,18-/m1/s1. The smallest absolute Gasteiger partial charge is 0.167 e. The van der Waals surface area contributed by atoms with E-state index in [9.17, 15) is 10.2 Å². The highest BCUT2D eigenvalue weighted by Gasteiger charge is 2.44. The minimum atomic E-state index is -1.07. The van der Waals surface area contributed by atoms with Crippen molar-refractivity contribution in [2.45, 2.75) is 31.1 Å². The van der Waals surface area contributed by atoms with Gasteiger partial charge in [0.1, 0.15) is 18.5 Å². The van der Waals surface area contributed by atoms with Gasteiger partial charge < -0.3 is 20.3 Å². The Morgan fingerprint density at radius 1 is 1.21 bits per heavy atom. The number of aromatic nitrogens is 4. The largest absolute Gasteiger partial charge is 0.387 e. The van der Waals surface area contributed by atoms with Crippen LogP contribution >= 0.6 is 23.4 Å². The highest BCUT2D eigenvalue weighted by atomic mass is 35.5. The molecule has 0 saturated carbocycles. The van der Waals surface area contributed by atoms with E-state index in [1.54, 1.807) is 22.7 Å². The van der Waals surface area contributed by atoms with Crippen LogP contribution in [-0.4, -0.2) is 60.1 Å². The molecule has 0 spiro atoms. The van der Waals surface area contributed by atoms with Crippen molar-refractivity contribution in [2.75, 3.05) is 17.3 Å². The summed E-state index contributed by atoms with van der Waals surface area (Å²) >= 11 is 7.75. The number of hydrogen-bond acceptors (Lipinski definition) is 8. The summed E-state index contributed by atoms with van der Waals surface area (Å²) < 4.78 is 7.50. The summed E-state index contributed by atoms with van der Waals surface area (Å²) in [7, 11) is 0. The third-order valence-corrected chi connectivity index (χ3v) is 5.74. The summed E-state index contributed by atoms with van der Waals surface area (Å²) in [5.74, 6) is 1.14. The van der Waals surface area contributed by atoms with Crippen molar-refractivity contribution in [2.24, 2.45) is 0 Å². The van der Waals surface area contributed by atoms with Crippen LogP contribution in [0, 0.1) is 0 Å². The quantitative estimate of drug-likeness (QED) is 0.555. The number of nitrogens with one attached hydrogen (secondary N) is 1. The second-order valence-corrected chi connectivity index (χ2v) is 7.81. The first kappa shape index (κ1) is 19.4. The van der Waals surface area contributed by atoms with Gasteiger partial charge in [-0.05, 0) is 17.9 Å². The van der Waals surface area contributed by atoms with Crippen LogP contribution in [0.5, 0.6) is 0 Å². The highest BCUT2D eigenvalue weighted by Crippen LogP contribution is 2.33. The molecule has 148 valence electrons. The Morgan fingerprint density at radius 3 is 2.82 bits per heavy atom. The number of aliphatic hydroxyl groups is 2. The van der Waals surface area contributed by atoms with Crippen molar-refractivity contribution >= 4 is 40.3 Å². The van der Waals surface area contributed by atoms with E-state index in [1.807, 2.05) is 30.5 Å². The fraction of sp³-hybridized carbons (Fsp3) is 0.389. The first-order valence-electron chi connectivity index (χ1n) is 8.75. The van der Waals surface area contributed by atoms with E-state index in [2.05, 4.69) is 20.3 Å². The Hall–Kier alpha value is -1.91. The fourth-order valence-electron chi connectivity index (χ4n) is 3.25. The van der Waals surface area contributed by atoms with E-state index in [0.717, 1.165) is 5.56 Å². The molecule has 1 fully saturated rings. The Labute approximate surface area is 170 Å². The van der Waals surface area contributed by atoms with Gasteiger partial charge in [0.15, 0.2) is 23.2 Å². The molecule has 3 aromatic rings. The molecule has 28 heavy (non-hydrogen) atoms. The number of rotatable bonds is 6. The lowest BCUT2D eigenvalue weighted by Gasteiger charge is -2.16. The molecule has 0 bridgehead atoms. The number of halogens is 1. The van der Waals surface area contributed by atoms with E-state index in [-0.39, 0.29) is 0 Å². The molecule has 0 amide bonds. The van der Waals surface area contributed by atoms with Gasteiger partial charge in [-0.3, -0.25) is 4.57 Å². The van der Waals surface area contributed by atoms with E-state index in [4.69, 9.17) is 16.3 Å². The highest BCUT2D eigenvalue weighted by molar-refractivity contribution is 7.98. The van der Waals surface area contributed by atoms with Gasteiger partial charge in [-0.2, -0.15) is 11.8 Å². The lowest BCUT2D eigenvalue weighted by Crippen LogP contribution is -2.32. The SMILES string of the molecule is CSC[C@H]1O[C@@H](n2cnc3c(NCc4ccccc4Cl)ncnc32)[C@H](O)[C@@H]1O. The summed E-state index contributed by atoms with van der Waals surface area (Å²) in [4.78, 5) is 13.0. The number of ether oxygens (including phenoxy) is 1. The van der Waals surface area contributed by atoms with Crippen LogP contribution in [0.2, 0.25) is 5.02 Å². The van der Waals surface area contributed by atoms with E-state index in [1.165, 1.54) is 6.33 Å². The number of hydrogen-bond donors (Lipinski definition) is 3. The maximum absolute atomic E-state index is 10.4. The Balaban J connectivity index is 1.59. The van der Waals surface area contributed by atoms with Crippen LogP contribution in [0.15, 0.2) is 36.9 Å². The third-order valence-electron chi connectivity index (χ3n) is 4.71. The van der Waals surface area contributed by atoms with Crippen molar-refractivity contribution in [3.8, 4) is 0 Å². The summed E-state index contributed by atoms with van der Waals surface area (Å²) in [5, 5.41) is 24.6. The van der Waals surface area contributed by atoms with Crippen LogP contribution < -0.4 is 5.32 Å². The van der Waals surface area contributed by atoms with E-state index in [0.29, 0.717) is 34.3 Å². The summed E-state index contributed by atoms with van der Waals surface area (Å²) in [6.45, 7) is 0.482. The zero-order valence-electron chi connectivity index (χ0n) is 15.1. The van der Waals surface area contributed by atoms with Crippen molar-refractivity contribution in [1.29, 1.82) is 0 Å². The molecule has 0 aliphatic carbocycles. The fourth-order valence-corrected chi connectivity index (χ4v) is 4.06. The number of anilines is 1. The van der Waals surface area contributed by atoms with Gasteiger partial charge in [0, 0.05) is 17.3 Å². The Kier molecular flexibility index (Phi) is 5.70. The predicted molar refractivity (Wildman–Crippen MR) is 108 cm³/mol. The number of fused-ring (bicyclic) bond motifs is 1. The van der Waals surface area contributed by atoms with Crippen molar-refractivity contribution in [3.63, 3.8) is 0 Å². The number of imidazole rings is 1. The van der Waals surface area contributed by atoms with E-state index >= 15 is 0 Å². The van der Waals surface area contributed by atoms with Crippen LogP contribution in [0.3, 0.4) is 0 Å². The Bertz CT molecular complexity index is 971. The molecule has 1 aliphatic rings. The average Bonchev–Trinajstić information content (AvgIpc) is 3.24. The molecule has 10 heteroatoms. The van der Waals surface area contributed by atoms with Gasteiger partial charge in [-0.25, -0.2) is 15.0 Å². The van der Waals surface area contributed by atoms with Gasteiger partial charge in [0.2, 0.25) is 0 Å². The first-order chi connectivity index (χ1) is 13.6. The number of nitrogens with zero attached hydrogens (tertiary/aromatic N) is 4. The first-order valence-corrected chi connectivity index (χ1v) is 10.5. The van der Waals surface area contributed by atoms with Gasteiger partial charge in [-0.1, -0.05) is 29.8 Å². The zero-order valence-corrected chi connectivity index (χ0v) is 16.6. The third kappa shape index (κ3) is 3.56. The van der Waals surface area contributed by atoms with Crippen molar-refractivity contribution in [1.82, 2.24) is 19.5 Å². The van der Waals surface area contributed by atoms with Crippen LogP contribution in [0.1, 0.15) is 11.8 Å². The molecule has 0 unspecified atom stereocenters. The van der Waals surface area contributed by atoms with Gasteiger partial charge in [-0.15, -0.1) is 0 Å². The van der Waals surface area contributed by atoms with Crippen LogP contribution in [0.25, 0.3) is 11.2 Å². The second kappa shape index (κ2) is 8.22. The molecule has 0 radical (unpaired) electrons. The maximum atomic E-state index is 10.4. The molecule has 3 heterocycles. The molecular formula is C18H20ClN5O3S. The number of thioether (sulfide) groups is 1. The van der Waals surface area contributed by atoms with Crippen LogP contribution in [0.4, 0.5) is 5.82 Å². The molecule has 4 atom stereocenters. The summed E-state index contributed by atoms with van der Waals surface area (Å²) in [5.41, 5.74) is 2.00. The van der Waals surface area contributed by atoms with Gasteiger partial charge in [0.05, 0.1) is 12.4 Å². The molecule has 4 rings (SSSR count). The minimum Gasteiger partial charge on any atom is -0.387 e. The summed E-state index contributed by atoms with van der Waals surface area (Å²) in [6.07, 6.45) is 1.65. The summed E-state index contributed by atoms with van der Waals surface area (Å²) in [6, 6.07) is 7.56. The van der Waals surface area contributed by atoms with E-state index < -0.39 is 24.5 Å². The minimum absolute atomic E-state index is 0.452. The molecule has 1 aliphatic heterocycles.